The Kier molecular flexibility index (Phi) is 10.1. The Morgan fingerprint density at radius 3 is 2.84 bits per heavy atom. The fraction of sp³-hybridized carbons (Fsp3) is 0.600. The summed E-state index contributed by atoms with van der Waals surface area (Å²) < 4.78 is 18.5. The molecule has 204 valence electrons. The van der Waals surface area contributed by atoms with Crippen LogP contribution in [0.25, 0.3) is 0 Å². The Balaban J connectivity index is 1.76. The number of methoxy groups -OCH3 is 2. The maximum Gasteiger partial charge on any atom is 0.321 e. The highest BCUT2D eigenvalue weighted by molar-refractivity contribution is 5.91. The molecule has 3 rings (SSSR count). The summed E-state index contributed by atoms with van der Waals surface area (Å²) in [6.07, 6.45) is 2.35. The minimum atomic E-state index is -0.416. The molecule has 0 saturated carbocycles. The third kappa shape index (κ3) is 7.56. The van der Waals surface area contributed by atoms with Gasteiger partial charge in [0, 0.05) is 45.1 Å². The van der Waals surface area contributed by atoms with Crippen molar-refractivity contribution in [3.8, 4) is 11.5 Å². The molecule has 12 nitrogen and oxygen atoms in total. The van der Waals surface area contributed by atoms with Gasteiger partial charge in [-0.2, -0.15) is 0 Å². The smallest absolute Gasteiger partial charge is 0.321 e. The Morgan fingerprint density at radius 1 is 1.35 bits per heavy atom. The van der Waals surface area contributed by atoms with Crippen molar-refractivity contribution in [1.29, 1.82) is 0 Å². The van der Waals surface area contributed by atoms with E-state index >= 15 is 0 Å². The molecule has 1 aliphatic rings. The van der Waals surface area contributed by atoms with Crippen LogP contribution < -0.4 is 14.8 Å². The second-order valence-electron chi connectivity index (χ2n) is 9.36. The van der Waals surface area contributed by atoms with Crippen LogP contribution in [-0.2, 0) is 22.7 Å². The van der Waals surface area contributed by atoms with E-state index in [9.17, 15) is 14.7 Å². The van der Waals surface area contributed by atoms with Crippen molar-refractivity contribution in [2.45, 2.75) is 52.0 Å². The number of hydrogen-bond donors (Lipinski definition) is 2. The number of amides is 3. The molecule has 12 heteroatoms. The number of nitrogens with one attached hydrogen (secondary N) is 1. The number of aliphatic hydroxyl groups excluding tert-OH is 1. The molecule has 1 aromatic carbocycles. The first-order chi connectivity index (χ1) is 17.7. The van der Waals surface area contributed by atoms with E-state index in [1.54, 1.807) is 41.9 Å². The van der Waals surface area contributed by atoms with Crippen LogP contribution in [0.5, 0.6) is 11.5 Å². The standard InChI is InChI=1S/C25H38N6O6/c1-17-12-31(18(2)15-32)24(33)7-6-10-30-13-19(27-28-30)16-37-23(17)14-29(3)25(34)26-21-9-8-20(35-4)11-22(21)36-5/h8-9,11,13,17-18,23,32H,6-7,10,12,14-16H2,1-5H3,(H,26,34)/t17-,18-,23+/m1/s1. The van der Waals surface area contributed by atoms with Crippen LogP contribution in [0.15, 0.2) is 24.4 Å². The second-order valence-corrected chi connectivity index (χ2v) is 9.36. The van der Waals surface area contributed by atoms with Gasteiger partial charge in [-0.05, 0) is 25.5 Å². The maximum absolute atomic E-state index is 13.1. The summed E-state index contributed by atoms with van der Waals surface area (Å²) in [5, 5.41) is 20.9. The first-order valence-electron chi connectivity index (χ1n) is 12.4. The molecule has 1 aliphatic heterocycles. The molecule has 0 fully saturated rings. The average molecular weight is 519 g/mol. The van der Waals surface area contributed by atoms with Crippen LogP contribution in [0.1, 0.15) is 32.4 Å². The maximum atomic E-state index is 13.1. The van der Waals surface area contributed by atoms with Gasteiger partial charge < -0.3 is 34.4 Å². The van der Waals surface area contributed by atoms with Crippen LogP contribution in [-0.4, -0.2) is 94.9 Å². The molecular formula is C25H38N6O6. The topological polar surface area (TPSA) is 131 Å². The van der Waals surface area contributed by atoms with Crippen molar-refractivity contribution >= 4 is 17.6 Å². The molecule has 37 heavy (non-hydrogen) atoms. The Hall–Kier alpha value is -3.38. The number of urea groups is 1. The number of carbonyl (C=O) groups is 2. The monoisotopic (exact) mass is 518 g/mol. The summed E-state index contributed by atoms with van der Waals surface area (Å²) in [6, 6.07) is 4.47. The number of likely N-dealkylation sites (N-methyl/N-ethyl adjacent to an activating group) is 1. The normalized spacial score (nSPS) is 19.7. The minimum absolute atomic E-state index is 0.0376. The van der Waals surface area contributed by atoms with Gasteiger partial charge in [0.05, 0.1) is 51.5 Å². The van der Waals surface area contributed by atoms with E-state index in [1.807, 2.05) is 20.0 Å². The van der Waals surface area contributed by atoms with Crippen molar-refractivity contribution < 1.29 is 28.9 Å². The number of fused-ring (bicyclic) bond motifs is 2. The zero-order chi connectivity index (χ0) is 26.9. The van der Waals surface area contributed by atoms with Gasteiger partial charge in [0.1, 0.15) is 17.2 Å². The number of benzene rings is 1. The average Bonchev–Trinajstić information content (AvgIpc) is 3.36. The van der Waals surface area contributed by atoms with Crippen LogP contribution in [0.2, 0.25) is 0 Å². The van der Waals surface area contributed by atoms with Gasteiger partial charge in [-0.3, -0.25) is 9.48 Å². The summed E-state index contributed by atoms with van der Waals surface area (Å²) >= 11 is 0. The Morgan fingerprint density at radius 2 is 2.14 bits per heavy atom. The molecule has 2 bridgehead atoms. The first kappa shape index (κ1) is 28.2. The molecule has 3 amide bonds. The van der Waals surface area contributed by atoms with Gasteiger partial charge in [0.15, 0.2) is 0 Å². The number of aliphatic hydroxyl groups is 1. The first-order valence-corrected chi connectivity index (χ1v) is 12.4. The summed E-state index contributed by atoms with van der Waals surface area (Å²) in [5.74, 6) is 0.912. The van der Waals surface area contributed by atoms with Crippen molar-refractivity contribution in [3.05, 3.63) is 30.1 Å². The van der Waals surface area contributed by atoms with Crippen molar-refractivity contribution in [3.63, 3.8) is 0 Å². The number of ether oxygens (including phenoxy) is 3. The van der Waals surface area contributed by atoms with Gasteiger partial charge >= 0.3 is 6.03 Å². The number of anilines is 1. The number of nitrogens with zero attached hydrogens (tertiary/aromatic N) is 5. The van der Waals surface area contributed by atoms with Crippen LogP contribution in [0, 0.1) is 5.92 Å². The van der Waals surface area contributed by atoms with E-state index in [-0.39, 0.29) is 43.7 Å². The zero-order valence-electron chi connectivity index (χ0n) is 22.2. The lowest BCUT2D eigenvalue weighted by Crippen LogP contribution is -2.48. The molecule has 0 spiro atoms. The van der Waals surface area contributed by atoms with Crippen LogP contribution >= 0.6 is 0 Å². The van der Waals surface area contributed by atoms with Crippen LogP contribution in [0.3, 0.4) is 0 Å². The molecule has 0 unspecified atom stereocenters. The number of rotatable bonds is 7. The minimum Gasteiger partial charge on any atom is -0.497 e. The summed E-state index contributed by atoms with van der Waals surface area (Å²) in [4.78, 5) is 29.3. The highest BCUT2D eigenvalue weighted by Crippen LogP contribution is 2.29. The molecule has 0 aliphatic carbocycles. The lowest BCUT2D eigenvalue weighted by Gasteiger charge is -2.35. The Labute approximate surface area is 217 Å². The molecular weight excluding hydrogens is 480 g/mol. The molecule has 1 aromatic heterocycles. The predicted octanol–water partition coefficient (Wildman–Crippen LogP) is 1.98. The SMILES string of the molecule is COc1ccc(NC(=O)N(C)C[C@@H]2OCc3cn(nn3)CCCC(=O)N([C@H](C)CO)C[C@H]2C)c(OC)c1. The molecule has 0 radical (unpaired) electrons. The zero-order valence-corrected chi connectivity index (χ0v) is 22.2. The van der Waals surface area contributed by atoms with Gasteiger partial charge in [-0.1, -0.05) is 12.1 Å². The molecule has 2 heterocycles. The van der Waals surface area contributed by atoms with E-state index in [1.165, 1.54) is 12.0 Å². The lowest BCUT2D eigenvalue weighted by atomic mass is 10.0. The van der Waals surface area contributed by atoms with E-state index in [0.717, 1.165) is 0 Å². The number of aryl methyl sites for hydroxylation is 1. The van der Waals surface area contributed by atoms with E-state index in [4.69, 9.17) is 14.2 Å². The predicted molar refractivity (Wildman–Crippen MR) is 136 cm³/mol. The highest BCUT2D eigenvalue weighted by Gasteiger charge is 2.29. The van der Waals surface area contributed by atoms with Crippen molar-refractivity contribution in [2.75, 3.05) is 46.3 Å². The molecule has 2 aromatic rings. The number of aromatic nitrogens is 3. The fourth-order valence-corrected chi connectivity index (χ4v) is 4.16. The van der Waals surface area contributed by atoms with Crippen LogP contribution in [0.4, 0.5) is 10.5 Å². The molecule has 0 saturated heterocycles. The van der Waals surface area contributed by atoms with Gasteiger partial charge in [-0.15, -0.1) is 5.10 Å². The third-order valence-corrected chi connectivity index (χ3v) is 6.50. The van der Waals surface area contributed by atoms with Crippen molar-refractivity contribution in [1.82, 2.24) is 24.8 Å². The van der Waals surface area contributed by atoms with Gasteiger partial charge in [0.2, 0.25) is 5.91 Å². The summed E-state index contributed by atoms with van der Waals surface area (Å²) in [7, 11) is 4.76. The third-order valence-electron chi connectivity index (χ3n) is 6.50. The van der Waals surface area contributed by atoms with E-state index in [0.29, 0.717) is 48.8 Å². The summed E-state index contributed by atoms with van der Waals surface area (Å²) in [5.41, 5.74) is 1.19. The Bertz CT molecular complexity index is 1050. The van der Waals surface area contributed by atoms with Gasteiger partial charge in [0.25, 0.3) is 0 Å². The number of hydrogen-bond acceptors (Lipinski definition) is 8. The molecule has 2 N–H and O–H groups in total. The molecule has 3 atom stereocenters. The largest absolute Gasteiger partial charge is 0.497 e. The fourth-order valence-electron chi connectivity index (χ4n) is 4.16. The number of carbonyl (C=O) groups excluding carboxylic acids is 2. The lowest BCUT2D eigenvalue weighted by molar-refractivity contribution is -0.136. The van der Waals surface area contributed by atoms with Gasteiger partial charge in [-0.25, -0.2) is 4.79 Å². The quantitative estimate of drug-likeness (QED) is 0.569. The van der Waals surface area contributed by atoms with Crippen molar-refractivity contribution in [2.24, 2.45) is 5.92 Å². The van der Waals surface area contributed by atoms with E-state index in [2.05, 4.69) is 15.6 Å². The second kappa shape index (κ2) is 13.2. The summed E-state index contributed by atoms with van der Waals surface area (Å²) in [6.45, 7) is 5.10. The van der Waals surface area contributed by atoms with E-state index < -0.39 is 6.10 Å². The highest BCUT2D eigenvalue weighted by atomic mass is 16.5.